The van der Waals surface area contributed by atoms with E-state index in [9.17, 15) is 9.90 Å². The van der Waals surface area contributed by atoms with Gasteiger partial charge in [0.15, 0.2) is 0 Å². The molecule has 6 heteroatoms. The SMILES string of the molecule is O=C(NCCCN1CCN(c2ccccc2)CC1)c1cc(Br)ccc1O. The van der Waals surface area contributed by atoms with Crippen molar-refractivity contribution in [2.45, 2.75) is 6.42 Å². The second-order valence-corrected chi connectivity index (χ2v) is 7.35. The number of anilines is 1. The van der Waals surface area contributed by atoms with Crippen LogP contribution in [0.25, 0.3) is 0 Å². The Hall–Kier alpha value is -2.05. The number of para-hydroxylation sites is 1. The number of piperazine rings is 1. The first-order valence-electron chi connectivity index (χ1n) is 8.92. The summed E-state index contributed by atoms with van der Waals surface area (Å²) < 4.78 is 0.775. The molecule has 1 fully saturated rings. The van der Waals surface area contributed by atoms with Gasteiger partial charge in [-0.1, -0.05) is 34.1 Å². The van der Waals surface area contributed by atoms with Crippen molar-refractivity contribution in [3.05, 3.63) is 58.6 Å². The zero-order valence-corrected chi connectivity index (χ0v) is 16.3. The van der Waals surface area contributed by atoms with Crippen LogP contribution < -0.4 is 10.2 Å². The molecule has 0 spiro atoms. The molecule has 5 nitrogen and oxygen atoms in total. The Labute approximate surface area is 162 Å². The third-order valence-corrected chi connectivity index (χ3v) is 5.13. The number of carbonyl (C=O) groups is 1. The number of nitrogens with one attached hydrogen (secondary N) is 1. The lowest BCUT2D eigenvalue weighted by molar-refractivity contribution is 0.0948. The summed E-state index contributed by atoms with van der Waals surface area (Å²) in [4.78, 5) is 17.0. The molecule has 2 aromatic rings. The summed E-state index contributed by atoms with van der Waals surface area (Å²) in [6.45, 7) is 5.70. The van der Waals surface area contributed by atoms with Gasteiger partial charge in [0, 0.05) is 42.9 Å². The molecule has 3 rings (SSSR count). The quantitative estimate of drug-likeness (QED) is 0.708. The Bertz CT molecular complexity index is 731. The van der Waals surface area contributed by atoms with E-state index in [2.05, 4.69) is 55.3 Å². The monoisotopic (exact) mass is 417 g/mol. The molecule has 0 atom stereocenters. The number of phenols is 1. The molecule has 0 radical (unpaired) electrons. The standard InChI is InChI=1S/C20H24BrN3O2/c21-16-7-8-19(25)18(15-16)20(26)22-9-4-10-23-11-13-24(14-12-23)17-5-2-1-3-6-17/h1-3,5-8,15,25H,4,9-14H2,(H,22,26). The fourth-order valence-corrected chi connectivity index (χ4v) is 3.52. The first kappa shape index (κ1) is 18.7. The summed E-state index contributed by atoms with van der Waals surface area (Å²) in [5.41, 5.74) is 1.59. The van der Waals surface area contributed by atoms with Crippen molar-refractivity contribution >= 4 is 27.5 Å². The molecule has 0 saturated carbocycles. The number of hydrogen-bond donors (Lipinski definition) is 2. The lowest BCUT2D eigenvalue weighted by Crippen LogP contribution is -2.47. The summed E-state index contributed by atoms with van der Waals surface area (Å²) in [5.74, 6) is -0.236. The van der Waals surface area contributed by atoms with Gasteiger partial charge in [-0.15, -0.1) is 0 Å². The predicted octanol–water partition coefficient (Wildman–Crippen LogP) is 3.10. The normalized spacial score (nSPS) is 15.0. The van der Waals surface area contributed by atoms with Crippen molar-refractivity contribution in [1.29, 1.82) is 0 Å². The van der Waals surface area contributed by atoms with E-state index < -0.39 is 0 Å². The van der Waals surface area contributed by atoms with Gasteiger partial charge in [-0.3, -0.25) is 9.69 Å². The molecule has 0 unspecified atom stereocenters. The van der Waals surface area contributed by atoms with Crippen molar-refractivity contribution in [3.63, 3.8) is 0 Å². The largest absolute Gasteiger partial charge is 0.507 e. The van der Waals surface area contributed by atoms with E-state index in [1.165, 1.54) is 11.8 Å². The molecular weight excluding hydrogens is 394 g/mol. The number of rotatable bonds is 6. The summed E-state index contributed by atoms with van der Waals surface area (Å²) in [7, 11) is 0. The van der Waals surface area contributed by atoms with Crippen LogP contribution in [0.4, 0.5) is 5.69 Å². The van der Waals surface area contributed by atoms with Crippen LogP contribution in [0, 0.1) is 0 Å². The van der Waals surface area contributed by atoms with Crippen molar-refractivity contribution in [1.82, 2.24) is 10.2 Å². The van der Waals surface area contributed by atoms with Crippen LogP contribution in [0.1, 0.15) is 16.8 Å². The lowest BCUT2D eigenvalue weighted by Gasteiger charge is -2.36. The average Bonchev–Trinajstić information content (AvgIpc) is 2.68. The zero-order valence-electron chi connectivity index (χ0n) is 14.7. The Morgan fingerprint density at radius 3 is 2.54 bits per heavy atom. The Balaban J connectivity index is 1.37. The summed E-state index contributed by atoms with van der Waals surface area (Å²) >= 11 is 3.32. The van der Waals surface area contributed by atoms with Crippen molar-refractivity contribution in [2.24, 2.45) is 0 Å². The van der Waals surface area contributed by atoms with Gasteiger partial charge >= 0.3 is 0 Å². The Kier molecular flexibility index (Phi) is 6.52. The zero-order chi connectivity index (χ0) is 18.4. The Morgan fingerprint density at radius 1 is 1.08 bits per heavy atom. The second-order valence-electron chi connectivity index (χ2n) is 6.44. The summed E-state index contributed by atoms with van der Waals surface area (Å²) in [5, 5.41) is 12.7. The molecule has 0 aromatic heterocycles. The first-order valence-corrected chi connectivity index (χ1v) is 9.72. The Morgan fingerprint density at radius 2 is 1.81 bits per heavy atom. The average molecular weight is 418 g/mol. The number of hydrogen-bond acceptors (Lipinski definition) is 4. The van der Waals surface area contributed by atoms with Crippen molar-refractivity contribution in [2.75, 3.05) is 44.2 Å². The number of phenolic OH excluding ortho intramolecular Hbond substituents is 1. The molecule has 1 amide bonds. The van der Waals surface area contributed by atoms with Gasteiger partial charge in [-0.05, 0) is 43.3 Å². The van der Waals surface area contributed by atoms with Gasteiger partial charge in [0.1, 0.15) is 5.75 Å². The molecule has 2 aromatic carbocycles. The van der Waals surface area contributed by atoms with Crippen molar-refractivity contribution in [3.8, 4) is 5.75 Å². The highest BCUT2D eigenvalue weighted by Crippen LogP contribution is 2.21. The minimum Gasteiger partial charge on any atom is -0.507 e. The van der Waals surface area contributed by atoms with Gasteiger partial charge in [-0.25, -0.2) is 0 Å². The van der Waals surface area contributed by atoms with Gasteiger partial charge in [0.25, 0.3) is 5.91 Å². The smallest absolute Gasteiger partial charge is 0.255 e. The molecule has 2 N–H and O–H groups in total. The number of carbonyl (C=O) groups excluding carboxylic acids is 1. The van der Waals surface area contributed by atoms with Crippen LogP contribution in [0.5, 0.6) is 5.75 Å². The fraction of sp³-hybridized carbons (Fsp3) is 0.350. The predicted molar refractivity (Wildman–Crippen MR) is 108 cm³/mol. The third-order valence-electron chi connectivity index (χ3n) is 4.63. The maximum Gasteiger partial charge on any atom is 0.255 e. The van der Waals surface area contributed by atoms with Crippen molar-refractivity contribution < 1.29 is 9.90 Å². The maximum absolute atomic E-state index is 12.2. The highest BCUT2D eigenvalue weighted by Gasteiger charge is 2.17. The molecule has 138 valence electrons. The maximum atomic E-state index is 12.2. The van der Waals surface area contributed by atoms with Crippen LogP contribution in [0.15, 0.2) is 53.0 Å². The van der Waals surface area contributed by atoms with E-state index in [4.69, 9.17) is 0 Å². The molecule has 0 aliphatic carbocycles. The van der Waals surface area contributed by atoms with Crippen LogP contribution >= 0.6 is 15.9 Å². The molecule has 26 heavy (non-hydrogen) atoms. The van der Waals surface area contributed by atoms with Crippen LogP contribution in [0.2, 0.25) is 0 Å². The number of aromatic hydroxyl groups is 1. The number of nitrogens with zero attached hydrogens (tertiary/aromatic N) is 2. The van der Waals surface area contributed by atoms with E-state index in [1.807, 2.05) is 6.07 Å². The van der Waals surface area contributed by atoms with E-state index in [1.54, 1.807) is 12.1 Å². The van der Waals surface area contributed by atoms with Gasteiger partial charge in [0.2, 0.25) is 0 Å². The molecular formula is C20H24BrN3O2. The van der Waals surface area contributed by atoms with Gasteiger partial charge < -0.3 is 15.3 Å². The van der Waals surface area contributed by atoms with E-state index in [0.29, 0.717) is 12.1 Å². The highest BCUT2D eigenvalue weighted by atomic mass is 79.9. The molecule has 1 saturated heterocycles. The molecule has 1 aliphatic heterocycles. The lowest BCUT2D eigenvalue weighted by atomic mass is 10.2. The molecule has 1 heterocycles. The van der Waals surface area contributed by atoms with E-state index >= 15 is 0 Å². The fourth-order valence-electron chi connectivity index (χ4n) is 3.16. The molecule has 1 aliphatic rings. The minimum atomic E-state index is -0.238. The number of amides is 1. The number of benzene rings is 2. The van der Waals surface area contributed by atoms with Gasteiger partial charge in [0.05, 0.1) is 5.56 Å². The summed E-state index contributed by atoms with van der Waals surface area (Å²) in [6.07, 6.45) is 0.895. The van der Waals surface area contributed by atoms with Crippen LogP contribution in [0.3, 0.4) is 0 Å². The molecule has 0 bridgehead atoms. The third kappa shape index (κ3) is 4.99. The topological polar surface area (TPSA) is 55.8 Å². The van der Waals surface area contributed by atoms with Crippen LogP contribution in [-0.2, 0) is 0 Å². The number of halogens is 1. The second kappa shape index (κ2) is 9.05. The van der Waals surface area contributed by atoms with Crippen LogP contribution in [-0.4, -0.2) is 55.2 Å². The first-order chi connectivity index (χ1) is 12.6. The van der Waals surface area contributed by atoms with E-state index in [-0.39, 0.29) is 11.7 Å². The van der Waals surface area contributed by atoms with E-state index in [0.717, 1.165) is 43.6 Å². The summed E-state index contributed by atoms with van der Waals surface area (Å²) in [6, 6.07) is 15.4. The van der Waals surface area contributed by atoms with Gasteiger partial charge in [-0.2, -0.15) is 0 Å². The highest BCUT2D eigenvalue weighted by molar-refractivity contribution is 9.10. The minimum absolute atomic E-state index is 0.00253.